The number of nitrogens with zero attached hydrogens (tertiary/aromatic N) is 1. The molecule has 0 N–H and O–H groups in total. The van der Waals surface area contributed by atoms with Gasteiger partial charge in [-0.2, -0.15) is 0 Å². The second-order valence-corrected chi connectivity index (χ2v) is 7.13. The van der Waals surface area contributed by atoms with Gasteiger partial charge in [-0.15, -0.1) is 0 Å². The van der Waals surface area contributed by atoms with E-state index in [0.29, 0.717) is 6.61 Å². The normalized spacial score (nSPS) is 17.5. The highest BCUT2D eigenvalue weighted by molar-refractivity contribution is 9.10. The van der Waals surface area contributed by atoms with E-state index in [1.54, 1.807) is 0 Å². The van der Waals surface area contributed by atoms with E-state index in [1.165, 1.54) is 12.0 Å². The molecule has 3 nitrogen and oxygen atoms in total. The molecule has 0 spiro atoms. The smallest absolute Gasteiger partial charge is 0.410 e. The van der Waals surface area contributed by atoms with Gasteiger partial charge in [-0.05, 0) is 48.9 Å². The van der Waals surface area contributed by atoms with Crippen molar-refractivity contribution in [3.05, 3.63) is 70.2 Å². The van der Waals surface area contributed by atoms with Crippen molar-refractivity contribution in [1.82, 2.24) is 4.90 Å². The molecule has 1 atom stereocenters. The summed E-state index contributed by atoms with van der Waals surface area (Å²) in [5, 5.41) is 0. The van der Waals surface area contributed by atoms with Crippen molar-refractivity contribution in [2.75, 3.05) is 6.54 Å². The number of piperidine rings is 1. The van der Waals surface area contributed by atoms with Crippen LogP contribution < -0.4 is 0 Å². The minimum atomic E-state index is -0.196. The number of carbonyl (C=O) groups is 1. The van der Waals surface area contributed by atoms with Gasteiger partial charge < -0.3 is 9.64 Å². The van der Waals surface area contributed by atoms with Gasteiger partial charge in [-0.25, -0.2) is 4.79 Å². The lowest BCUT2D eigenvalue weighted by Crippen LogP contribution is -2.45. The summed E-state index contributed by atoms with van der Waals surface area (Å²) in [7, 11) is 0. The number of hydrogen-bond acceptors (Lipinski definition) is 2. The Morgan fingerprint density at radius 3 is 2.67 bits per heavy atom. The van der Waals surface area contributed by atoms with E-state index in [4.69, 9.17) is 4.74 Å². The molecule has 1 saturated heterocycles. The number of likely N-dealkylation sites (tertiary alicyclic amines) is 1. The van der Waals surface area contributed by atoms with Crippen LogP contribution in [0.15, 0.2) is 59.1 Å². The van der Waals surface area contributed by atoms with E-state index < -0.39 is 0 Å². The number of benzene rings is 2. The van der Waals surface area contributed by atoms with Crippen molar-refractivity contribution < 1.29 is 9.53 Å². The number of amides is 1. The third-order valence-electron chi connectivity index (χ3n) is 4.43. The average molecular weight is 388 g/mol. The second kappa shape index (κ2) is 8.34. The first kappa shape index (κ1) is 17.0. The van der Waals surface area contributed by atoms with Crippen molar-refractivity contribution in [2.45, 2.75) is 38.3 Å². The summed E-state index contributed by atoms with van der Waals surface area (Å²) in [5.74, 6) is 0. The van der Waals surface area contributed by atoms with Crippen molar-refractivity contribution >= 4 is 22.0 Å². The first-order valence-corrected chi connectivity index (χ1v) is 9.23. The molecule has 126 valence electrons. The Labute approximate surface area is 151 Å². The Morgan fingerprint density at radius 1 is 1.08 bits per heavy atom. The Bertz CT molecular complexity index is 674. The molecular weight excluding hydrogens is 366 g/mol. The molecule has 1 unspecified atom stereocenters. The molecular formula is C20H22BrNO2. The highest BCUT2D eigenvalue weighted by Crippen LogP contribution is 2.23. The van der Waals surface area contributed by atoms with Crippen LogP contribution in [-0.4, -0.2) is 23.6 Å². The van der Waals surface area contributed by atoms with Crippen molar-refractivity contribution in [3.63, 3.8) is 0 Å². The van der Waals surface area contributed by atoms with E-state index in [2.05, 4.69) is 28.1 Å². The van der Waals surface area contributed by atoms with Crippen LogP contribution in [0.25, 0.3) is 0 Å². The van der Waals surface area contributed by atoms with Crippen molar-refractivity contribution in [1.29, 1.82) is 0 Å². The van der Waals surface area contributed by atoms with Crippen LogP contribution in [0.4, 0.5) is 4.79 Å². The molecule has 1 heterocycles. The number of carbonyl (C=O) groups excluding carboxylic acids is 1. The van der Waals surface area contributed by atoms with Crippen LogP contribution in [0.1, 0.15) is 30.4 Å². The first-order chi connectivity index (χ1) is 11.7. The largest absolute Gasteiger partial charge is 0.445 e. The van der Waals surface area contributed by atoms with Gasteiger partial charge in [0.1, 0.15) is 6.61 Å². The Balaban J connectivity index is 1.62. The molecule has 1 fully saturated rings. The van der Waals surface area contributed by atoms with E-state index in [9.17, 15) is 4.79 Å². The van der Waals surface area contributed by atoms with Gasteiger partial charge >= 0.3 is 6.09 Å². The zero-order valence-electron chi connectivity index (χ0n) is 13.7. The number of halogens is 1. The van der Waals surface area contributed by atoms with Crippen molar-refractivity contribution in [2.24, 2.45) is 0 Å². The fourth-order valence-corrected chi connectivity index (χ4v) is 3.64. The van der Waals surface area contributed by atoms with Gasteiger partial charge in [-0.3, -0.25) is 0 Å². The zero-order chi connectivity index (χ0) is 16.8. The maximum atomic E-state index is 12.5. The van der Waals surface area contributed by atoms with Crippen LogP contribution in [0.2, 0.25) is 0 Å². The summed E-state index contributed by atoms with van der Waals surface area (Å²) in [4.78, 5) is 14.4. The molecule has 4 heteroatoms. The highest BCUT2D eigenvalue weighted by Gasteiger charge is 2.28. The van der Waals surface area contributed by atoms with Gasteiger partial charge in [0.2, 0.25) is 0 Å². The third kappa shape index (κ3) is 4.60. The molecule has 0 radical (unpaired) electrons. The topological polar surface area (TPSA) is 29.5 Å². The predicted molar refractivity (Wildman–Crippen MR) is 98.8 cm³/mol. The second-order valence-electron chi connectivity index (χ2n) is 6.22. The highest BCUT2D eigenvalue weighted by atomic mass is 79.9. The molecule has 1 aliphatic heterocycles. The monoisotopic (exact) mass is 387 g/mol. The molecule has 2 aromatic rings. The van der Waals surface area contributed by atoms with Gasteiger partial charge in [0, 0.05) is 17.1 Å². The summed E-state index contributed by atoms with van der Waals surface area (Å²) in [6, 6.07) is 18.4. The SMILES string of the molecule is O=C(OCc1ccccc1)N1CCCCC1Cc1cccc(Br)c1. The van der Waals surface area contributed by atoms with Crippen LogP contribution in [0.3, 0.4) is 0 Å². The molecule has 24 heavy (non-hydrogen) atoms. The Hall–Kier alpha value is -1.81. The average Bonchev–Trinajstić information content (AvgIpc) is 2.61. The summed E-state index contributed by atoms with van der Waals surface area (Å²) < 4.78 is 6.61. The maximum absolute atomic E-state index is 12.5. The van der Waals surface area contributed by atoms with E-state index >= 15 is 0 Å². The summed E-state index contributed by atoms with van der Waals surface area (Å²) in [6.45, 7) is 1.12. The molecule has 0 saturated carbocycles. The minimum absolute atomic E-state index is 0.196. The van der Waals surface area contributed by atoms with Crippen LogP contribution in [0.5, 0.6) is 0 Å². The Morgan fingerprint density at radius 2 is 1.88 bits per heavy atom. The number of rotatable bonds is 4. The van der Waals surface area contributed by atoms with Crippen LogP contribution in [0, 0.1) is 0 Å². The summed E-state index contributed by atoms with van der Waals surface area (Å²) >= 11 is 3.52. The fourth-order valence-electron chi connectivity index (χ4n) is 3.19. The molecule has 0 bridgehead atoms. The van der Waals surface area contributed by atoms with Crippen LogP contribution in [-0.2, 0) is 17.8 Å². The minimum Gasteiger partial charge on any atom is -0.445 e. The van der Waals surface area contributed by atoms with E-state index in [1.807, 2.05) is 47.4 Å². The quantitative estimate of drug-likeness (QED) is 0.722. The maximum Gasteiger partial charge on any atom is 0.410 e. The van der Waals surface area contributed by atoms with Gasteiger partial charge in [-0.1, -0.05) is 58.4 Å². The summed E-state index contributed by atoms with van der Waals surface area (Å²) in [5.41, 5.74) is 2.27. The molecule has 1 amide bonds. The molecule has 0 aliphatic carbocycles. The lowest BCUT2D eigenvalue weighted by Gasteiger charge is -2.35. The fraction of sp³-hybridized carbons (Fsp3) is 0.350. The Kier molecular flexibility index (Phi) is 5.91. The third-order valence-corrected chi connectivity index (χ3v) is 4.92. The first-order valence-electron chi connectivity index (χ1n) is 8.44. The molecule has 3 rings (SSSR count). The molecule has 1 aliphatic rings. The molecule has 0 aromatic heterocycles. The van der Waals surface area contributed by atoms with E-state index in [-0.39, 0.29) is 12.1 Å². The standard InChI is InChI=1S/C20H22BrNO2/c21-18-10-6-9-17(13-18)14-19-11-4-5-12-22(19)20(23)24-15-16-7-2-1-3-8-16/h1-3,6-10,13,19H,4-5,11-12,14-15H2. The van der Waals surface area contributed by atoms with Crippen LogP contribution >= 0.6 is 15.9 Å². The number of hydrogen-bond donors (Lipinski definition) is 0. The lowest BCUT2D eigenvalue weighted by atomic mass is 9.96. The number of ether oxygens (including phenoxy) is 1. The zero-order valence-corrected chi connectivity index (χ0v) is 15.2. The predicted octanol–water partition coefficient (Wildman–Crippen LogP) is 5.18. The van der Waals surface area contributed by atoms with Gasteiger partial charge in [0.25, 0.3) is 0 Å². The summed E-state index contributed by atoms with van der Waals surface area (Å²) in [6.07, 6.45) is 3.93. The van der Waals surface area contributed by atoms with Gasteiger partial charge in [0.15, 0.2) is 0 Å². The lowest BCUT2D eigenvalue weighted by molar-refractivity contribution is 0.0681. The van der Waals surface area contributed by atoms with Crippen molar-refractivity contribution in [3.8, 4) is 0 Å². The van der Waals surface area contributed by atoms with Gasteiger partial charge in [0.05, 0.1) is 0 Å². The molecule has 2 aromatic carbocycles. The van der Waals surface area contributed by atoms with E-state index in [0.717, 1.165) is 35.8 Å².